The van der Waals surface area contributed by atoms with Gasteiger partial charge in [-0.3, -0.25) is 4.79 Å². The fraction of sp³-hybridized carbons (Fsp3) is 0.867. The second-order valence-electron chi connectivity index (χ2n) is 5.80. The molecule has 114 valence electrons. The standard InChI is InChI=1S/C15H25NO4/c1-2-20-9-5-8-14(17)16-12-7-4-3-6-11(12)10-13(16)15(18)19/h11-13H,2-10H2,1H3,(H,18,19). The highest BCUT2D eigenvalue weighted by Crippen LogP contribution is 2.40. The van der Waals surface area contributed by atoms with Crippen LogP contribution in [0.5, 0.6) is 0 Å². The Kier molecular flexibility index (Phi) is 5.40. The summed E-state index contributed by atoms with van der Waals surface area (Å²) in [5, 5.41) is 9.37. The lowest BCUT2D eigenvalue weighted by Crippen LogP contribution is -2.46. The van der Waals surface area contributed by atoms with Crippen LogP contribution in [0.25, 0.3) is 0 Å². The van der Waals surface area contributed by atoms with Crippen molar-refractivity contribution in [3.8, 4) is 0 Å². The van der Waals surface area contributed by atoms with Crippen molar-refractivity contribution in [1.82, 2.24) is 4.90 Å². The van der Waals surface area contributed by atoms with Gasteiger partial charge in [0.05, 0.1) is 0 Å². The molecule has 1 heterocycles. The van der Waals surface area contributed by atoms with Crippen LogP contribution >= 0.6 is 0 Å². The average molecular weight is 283 g/mol. The van der Waals surface area contributed by atoms with E-state index in [1.807, 2.05) is 6.92 Å². The summed E-state index contributed by atoms with van der Waals surface area (Å²) in [5.41, 5.74) is 0. The number of hydrogen-bond donors (Lipinski definition) is 1. The lowest BCUT2D eigenvalue weighted by atomic mass is 9.84. The van der Waals surface area contributed by atoms with Crippen molar-refractivity contribution >= 4 is 11.9 Å². The topological polar surface area (TPSA) is 66.8 Å². The molecular formula is C15H25NO4. The molecule has 1 aliphatic heterocycles. The van der Waals surface area contributed by atoms with Gasteiger partial charge in [-0.15, -0.1) is 0 Å². The molecule has 0 aromatic rings. The summed E-state index contributed by atoms with van der Waals surface area (Å²) in [5.74, 6) is -0.468. The number of carboxylic acid groups (broad SMARTS) is 1. The summed E-state index contributed by atoms with van der Waals surface area (Å²) in [4.78, 5) is 25.5. The molecule has 2 rings (SSSR count). The zero-order chi connectivity index (χ0) is 14.5. The first-order valence-electron chi connectivity index (χ1n) is 7.76. The first kappa shape index (κ1) is 15.3. The van der Waals surface area contributed by atoms with Crippen LogP contribution in [0, 0.1) is 5.92 Å². The fourth-order valence-corrected chi connectivity index (χ4v) is 3.64. The van der Waals surface area contributed by atoms with Crippen LogP contribution in [0.2, 0.25) is 0 Å². The van der Waals surface area contributed by atoms with E-state index in [0.717, 1.165) is 19.3 Å². The molecule has 5 heteroatoms. The van der Waals surface area contributed by atoms with Gasteiger partial charge in [0, 0.05) is 25.7 Å². The van der Waals surface area contributed by atoms with Crippen molar-refractivity contribution in [3.05, 3.63) is 0 Å². The fourth-order valence-electron chi connectivity index (χ4n) is 3.64. The Morgan fingerprint density at radius 3 is 2.75 bits per heavy atom. The van der Waals surface area contributed by atoms with E-state index in [9.17, 15) is 14.7 Å². The Balaban J connectivity index is 1.97. The molecule has 2 fully saturated rings. The van der Waals surface area contributed by atoms with Gasteiger partial charge in [0.15, 0.2) is 0 Å². The third-order valence-electron chi connectivity index (χ3n) is 4.54. The number of likely N-dealkylation sites (tertiary alicyclic amines) is 1. The van der Waals surface area contributed by atoms with E-state index in [0.29, 0.717) is 38.4 Å². The molecular weight excluding hydrogens is 258 g/mol. The highest BCUT2D eigenvalue weighted by atomic mass is 16.5. The number of carboxylic acids is 1. The van der Waals surface area contributed by atoms with Crippen molar-refractivity contribution in [3.63, 3.8) is 0 Å². The Bertz CT molecular complexity index is 358. The Morgan fingerprint density at radius 2 is 2.05 bits per heavy atom. The van der Waals surface area contributed by atoms with E-state index >= 15 is 0 Å². The van der Waals surface area contributed by atoms with E-state index in [4.69, 9.17) is 4.74 Å². The monoisotopic (exact) mass is 283 g/mol. The van der Waals surface area contributed by atoms with Crippen molar-refractivity contribution in [2.24, 2.45) is 5.92 Å². The second kappa shape index (κ2) is 7.07. The van der Waals surface area contributed by atoms with Gasteiger partial charge in [-0.05, 0) is 38.5 Å². The molecule has 1 saturated carbocycles. The number of amides is 1. The van der Waals surface area contributed by atoms with Crippen LogP contribution in [-0.2, 0) is 14.3 Å². The van der Waals surface area contributed by atoms with E-state index < -0.39 is 12.0 Å². The van der Waals surface area contributed by atoms with Crippen molar-refractivity contribution < 1.29 is 19.4 Å². The normalized spacial score (nSPS) is 29.2. The summed E-state index contributed by atoms with van der Waals surface area (Å²) >= 11 is 0. The van der Waals surface area contributed by atoms with E-state index in [1.54, 1.807) is 4.90 Å². The Morgan fingerprint density at radius 1 is 1.30 bits per heavy atom. The maximum Gasteiger partial charge on any atom is 0.326 e. The Hall–Kier alpha value is -1.10. The van der Waals surface area contributed by atoms with Crippen LogP contribution < -0.4 is 0 Å². The van der Waals surface area contributed by atoms with Crippen LogP contribution in [-0.4, -0.2) is 47.2 Å². The molecule has 0 radical (unpaired) electrons. The molecule has 5 nitrogen and oxygen atoms in total. The number of rotatable bonds is 6. The van der Waals surface area contributed by atoms with E-state index in [1.165, 1.54) is 6.42 Å². The lowest BCUT2D eigenvalue weighted by Gasteiger charge is -2.33. The molecule has 0 aromatic heterocycles. The molecule has 1 amide bonds. The summed E-state index contributed by atoms with van der Waals surface area (Å²) in [7, 11) is 0. The van der Waals surface area contributed by atoms with Gasteiger partial charge < -0.3 is 14.7 Å². The third-order valence-corrected chi connectivity index (χ3v) is 4.54. The number of nitrogens with zero attached hydrogens (tertiary/aromatic N) is 1. The summed E-state index contributed by atoms with van der Waals surface area (Å²) < 4.78 is 5.24. The molecule has 20 heavy (non-hydrogen) atoms. The zero-order valence-electron chi connectivity index (χ0n) is 12.2. The van der Waals surface area contributed by atoms with Crippen LogP contribution in [0.1, 0.15) is 51.9 Å². The molecule has 1 saturated heterocycles. The highest BCUT2D eigenvalue weighted by Gasteiger charge is 2.47. The molecule has 2 aliphatic rings. The smallest absolute Gasteiger partial charge is 0.326 e. The number of fused-ring (bicyclic) bond motifs is 1. The maximum absolute atomic E-state index is 12.4. The van der Waals surface area contributed by atoms with Gasteiger partial charge in [0.2, 0.25) is 5.91 Å². The summed E-state index contributed by atoms with van der Waals surface area (Å²) in [6, 6.07) is -0.452. The van der Waals surface area contributed by atoms with Gasteiger partial charge in [-0.2, -0.15) is 0 Å². The lowest BCUT2D eigenvalue weighted by molar-refractivity contribution is -0.150. The van der Waals surface area contributed by atoms with Crippen LogP contribution in [0.15, 0.2) is 0 Å². The molecule has 0 spiro atoms. The first-order chi connectivity index (χ1) is 9.65. The summed E-state index contributed by atoms with van der Waals surface area (Å²) in [6.07, 6.45) is 6.01. The van der Waals surface area contributed by atoms with Gasteiger partial charge in [0.1, 0.15) is 6.04 Å². The first-order valence-corrected chi connectivity index (χ1v) is 7.76. The van der Waals surface area contributed by atoms with Crippen molar-refractivity contribution in [1.29, 1.82) is 0 Å². The number of carbonyl (C=O) groups is 2. The minimum Gasteiger partial charge on any atom is -0.480 e. The van der Waals surface area contributed by atoms with Crippen molar-refractivity contribution in [2.75, 3.05) is 13.2 Å². The molecule has 1 aliphatic carbocycles. The van der Waals surface area contributed by atoms with Gasteiger partial charge in [0.25, 0.3) is 0 Å². The molecule has 0 bridgehead atoms. The predicted octanol–water partition coefficient (Wildman–Crippen LogP) is 2.05. The van der Waals surface area contributed by atoms with Crippen LogP contribution in [0.4, 0.5) is 0 Å². The number of ether oxygens (including phenoxy) is 1. The molecule has 3 unspecified atom stereocenters. The quantitative estimate of drug-likeness (QED) is 0.758. The predicted molar refractivity (Wildman–Crippen MR) is 74.4 cm³/mol. The summed E-state index contributed by atoms with van der Waals surface area (Å²) in [6.45, 7) is 3.15. The molecule has 3 atom stereocenters. The minimum absolute atomic E-state index is 0.00787. The van der Waals surface area contributed by atoms with E-state index in [2.05, 4.69) is 0 Å². The number of aliphatic carboxylic acids is 1. The highest BCUT2D eigenvalue weighted by molar-refractivity contribution is 5.84. The van der Waals surface area contributed by atoms with E-state index in [-0.39, 0.29) is 11.9 Å². The zero-order valence-corrected chi connectivity index (χ0v) is 12.2. The van der Waals surface area contributed by atoms with Crippen LogP contribution in [0.3, 0.4) is 0 Å². The minimum atomic E-state index is -0.849. The third kappa shape index (κ3) is 3.32. The van der Waals surface area contributed by atoms with Gasteiger partial charge >= 0.3 is 5.97 Å². The maximum atomic E-state index is 12.4. The Labute approximate surface area is 120 Å². The SMILES string of the molecule is CCOCCCC(=O)N1C(C(=O)O)CC2CCCCC21. The molecule has 1 N–H and O–H groups in total. The van der Waals surface area contributed by atoms with Gasteiger partial charge in [-0.25, -0.2) is 4.79 Å². The average Bonchev–Trinajstić information content (AvgIpc) is 2.83. The van der Waals surface area contributed by atoms with Crippen molar-refractivity contribution in [2.45, 2.75) is 64.0 Å². The molecule has 0 aromatic carbocycles. The number of hydrogen-bond acceptors (Lipinski definition) is 3. The van der Waals surface area contributed by atoms with Gasteiger partial charge in [-0.1, -0.05) is 12.8 Å². The largest absolute Gasteiger partial charge is 0.480 e. The number of carbonyl (C=O) groups excluding carboxylic acids is 1. The second-order valence-corrected chi connectivity index (χ2v) is 5.80.